The van der Waals surface area contributed by atoms with E-state index in [0.29, 0.717) is 0 Å². The molecule has 27 heavy (non-hydrogen) atoms. The van der Waals surface area contributed by atoms with Crippen LogP contribution >= 0.6 is 11.3 Å². The molecule has 1 aromatic carbocycles. The molecule has 0 spiro atoms. The van der Waals surface area contributed by atoms with E-state index < -0.39 is 0 Å². The molecule has 0 saturated carbocycles. The SMILES string of the molecule is Cc1nc(C)c(CN2CCN(c3ccc(-c4ccc(F)cc4)nn3)CC2)s1. The second-order valence-electron chi connectivity index (χ2n) is 6.79. The number of anilines is 1. The third-order valence-electron chi connectivity index (χ3n) is 4.85. The van der Waals surface area contributed by atoms with E-state index in [1.54, 1.807) is 23.5 Å². The lowest BCUT2D eigenvalue weighted by Crippen LogP contribution is -2.46. The Bertz CT molecular complexity index is 899. The molecule has 3 heterocycles. The first-order chi connectivity index (χ1) is 13.1. The van der Waals surface area contributed by atoms with Crippen LogP contribution < -0.4 is 4.90 Å². The third-order valence-corrected chi connectivity index (χ3v) is 5.91. The molecule has 1 saturated heterocycles. The maximum atomic E-state index is 13.1. The van der Waals surface area contributed by atoms with Crippen LogP contribution in [-0.4, -0.2) is 46.3 Å². The van der Waals surface area contributed by atoms with Crippen molar-refractivity contribution in [1.82, 2.24) is 20.1 Å². The van der Waals surface area contributed by atoms with Gasteiger partial charge < -0.3 is 4.90 Å². The number of piperazine rings is 1. The summed E-state index contributed by atoms with van der Waals surface area (Å²) in [5.41, 5.74) is 2.78. The molecule has 0 aliphatic carbocycles. The molecule has 5 nitrogen and oxygen atoms in total. The van der Waals surface area contributed by atoms with Crippen LogP contribution in [0.5, 0.6) is 0 Å². The Labute approximate surface area is 162 Å². The summed E-state index contributed by atoms with van der Waals surface area (Å²) in [5.74, 6) is 0.648. The molecule has 4 rings (SSSR count). The average molecular weight is 383 g/mol. The maximum Gasteiger partial charge on any atom is 0.151 e. The standard InChI is InChI=1S/C20H22FN5S/c1-14-19(27-15(2)22-14)13-25-9-11-26(12-10-25)20-8-7-18(23-24-20)16-3-5-17(21)6-4-16/h3-8H,9-13H2,1-2H3. The van der Waals surface area contributed by atoms with Crippen LogP contribution in [0.15, 0.2) is 36.4 Å². The van der Waals surface area contributed by atoms with Crippen LogP contribution in [0.25, 0.3) is 11.3 Å². The summed E-state index contributed by atoms with van der Waals surface area (Å²) >= 11 is 1.79. The van der Waals surface area contributed by atoms with Gasteiger partial charge in [0.25, 0.3) is 0 Å². The summed E-state index contributed by atoms with van der Waals surface area (Å²) in [5, 5.41) is 9.84. The lowest BCUT2D eigenvalue weighted by molar-refractivity contribution is 0.250. The average Bonchev–Trinajstić information content (AvgIpc) is 3.00. The first-order valence-corrected chi connectivity index (χ1v) is 9.90. The molecule has 1 aliphatic rings. The van der Waals surface area contributed by atoms with Crippen LogP contribution in [0, 0.1) is 19.7 Å². The number of nitrogens with zero attached hydrogens (tertiary/aromatic N) is 5. The number of hydrogen-bond acceptors (Lipinski definition) is 6. The Morgan fingerprint density at radius 2 is 1.70 bits per heavy atom. The second-order valence-corrected chi connectivity index (χ2v) is 8.08. The maximum absolute atomic E-state index is 13.1. The summed E-state index contributed by atoms with van der Waals surface area (Å²) in [6.07, 6.45) is 0. The number of thiazole rings is 1. The van der Waals surface area contributed by atoms with Gasteiger partial charge in [0.05, 0.1) is 16.4 Å². The largest absolute Gasteiger partial charge is 0.353 e. The number of aryl methyl sites for hydroxylation is 2. The molecule has 0 amide bonds. The van der Waals surface area contributed by atoms with Gasteiger partial charge in [-0.1, -0.05) is 0 Å². The Balaban J connectivity index is 1.36. The molecule has 0 bridgehead atoms. The topological polar surface area (TPSA) is 45.2 Å². The van der Waals surface area contributed by atoms with E-state index in [0.717, 1.165) is 60.5 Å². The monoisotopic (exact) mass is 383 g/mol. The molecule has 0 atom stereocenters. The van der Waals surface area contributed by atoms with Crippen LogP contribution in [0.2, 0.25) is 0 Å². The van der Waals surface area contributed by atoms with Crippen molar-refractivity contribution in [2.24, 2.45) is 0 Å². The molecule has 1 aliphatic heterocycles. The van der Waals surface area contributed by atoms with Gasteiger partial charge >= 0.3 is 0 Å². The number of halogens is 1. The van der Waals surface area contributed by atoms with Gasteiger partial charge in [-0.05, 0) is 50.2 Å². The van der Waals surface area contributed by atoms with Gasteiger partial charge in [0.15, 0.2) is 5.82 Å². The first kappa shape index (κ1) is 18.0. The van der Waals surface area contributed by atoms with Gasteiger partial charge in [-0.25, -0.2) is 9.37 Å². The summed E-state index contributed by atoms with van der Waals surface area (Å²) in [6.45, 7) is 8.99. The highest BCUT2D eigenvalue weighted by molar-refractivity contribution is 7.11. The Kier molecular flexibility index (Phi) is 5.13. The predicted octanol–water partition coefficient (Wildman–Crippen LogP) is 3.68. The molecule has 0 N–H and O–H groups in total. The number of benzene rings is 1. The summed E-state index contributed by atoms with van der Waals surface area (Å²) in [6, 6.07) is 10.3. The van der Waals surface area contributed by atoms with Crippen LogP contribution in [0.1, 0.15) is 15.6 Å². The van der Waals surface area contributed by atoms with E-state index in [-0.39, 0.29) is 5.82 Å². The highest BCUT2D eigenvalue weighted by atomic mass is 32.1. The smallest absolute Gasteiger partial charge is 0.151 e. The Morgan fingerprint density at radius 3 is 2.30 bits per heavy atom. The van der Waals surface area contributed by atoms with E-state index >= 15 is 0 Å². The van der Waals surface area contributed by atoms with E-state index in [9.17, 15) is 4.39 Å². The van der Waals surface area contributed by atoms with Crippen molar-refractivity contribution in [3.8, 4) is 11.3 Å². The zero-order chi connectivity index (χ0) is 18.8. The molecule has 7 heteroatoms. The zero-order valence-electron chi connectivity index (χ0n) is 15.5. The van der Waals surface area contributed by atoms with Gasteiger partial charge in [-0.2, -0.15) is 0 Å². The molecule has 3 aromatic rings. The third kappa shape index (κ3) is 4.14. The Hall–Kier alpha value is -2.38. The fraction of sp³-hybridized carbons (Fsp3) is 0.350. The number of hydrogen-bond donors (Lipinski definition) is 0. The zero-order valence-corrected chi connectivity index (χ0v) is 16.3. The number of aromatic nitrogens is 3. The van der Waals surface area contributed by atoms with Crippen molar-refractivity contribution in [2.75, 3.05) is 31.1 Å². The minimum atomic E-state index is -0.245. The van der Waals surface area contributed by atoms with Gasteiger partial charge in [0, 0.05) is 43.2 Å². The van der Waals surface area contributed by atoms with E-state index in [4.69, 9.17) is 0 Å². The highest BCUT2D eigenvalue weighted by Gasteiger charge is 2.20. The van der Waals surface area contributed by atoms with Crippen LogP contribution in [0.4, 0.5) is 10.2 Å². The van der Waals surface area contributed by atoms with E-state index in [1.165, 1.54) is 17.0 Å². The summed E-state index contributed by atoms with van der Waals surface area (Å²) < 4.78 is 13.1. The van der Waals surface area contributed by atoms with Gasteiger partial charge in [0.1, 0.15) is 5.82 Å². The van der Waals surface area contributed by atoms with E-state index in [2.05, 4.69) is 38.8 Å². The molecule has 1 fully saturated rings. The molecule has 2 aromatic heterocycles. The molecule has 0 unspecified atom stereocenters. The predicted molar refractivity (Wildman–Crippen MR) is 107 cm³/mol. The number of rotatable bonds is 4. The van der Waals surface area contributed by atoms with Gasteiger partial charge in [-0.3, -0.25) is 4.90 Å². The van der Waals surface area contributed by atoms with Crippen molar-refractivity contribution in [1.29, 1.82) is 0 Å². The van der Waals surface area contributed by atoms with Crippen molar-refractivity contribution in [2.45, 2.75) is 20.4 Å². The van der Waals surface area contributed by atoms with Crippen LogP contribution in [-0.2, 0) is 6.54 Å². The molecule has 140 valence electrons. The fourth-order valence-corrected chi connectivity index (χ4v) is 4.31. The fourth-order valence-electron chi connectivity index (χ4n) is 3.33. The molecular weight excluding hydrogens is 361 g/mol. The first-order valence-electron chi connectivity index (χ1n) is 9.08. The van der Waals surface area contributed by atoms with Gasteiger partial charge in [-0.15, -0.1) is 21.5 Å². The summed E-state index contributed by atoms with van der Waals surface area (Å²) in [4.78, 5) is 10.6. The Morgan fingerprint density at radius 1 is 0.963 bits per heavy atom. The molecular formula is C20H22FN5S. The van der Waals surface area contributed by atoms with Crippen LogP contribution in [0.3, 0.4) is 0 Å². The quantitative estimate of drug-likeness (QED) is 0.688. The van der Waals surface area contributed by atoms with Crippen molar-refractivity contribution < 1.29 is 4.39 Å². The summed E-state index contributed by atoms with van der Waals surface area (Å²) in [7, 11) is 0. The van der Waals surface area contributed by atoms with Crippen molar-refractivity contribution >= 4 is 17.2 Å². The lowest BCUT2D eigenvalue weighted by Gasteiger charge is -2.35. The van der Waals surface area contributed by atoms with Gasteiger partial charge in [0.2, 0.25) is 0 Å². The normalized spacial score (nSPS) is 15.3. The minimum Gasteiger partial charge on any atom is -0.353 e. The molecule has 0 radical (unpaired) electrons. The minimum absolute atomic E-state index is 0.245. The van der Waals surface area contributed by atoms with Crippen molar-refractivity contribution in [3.63, 3.8) is 0 Å². The highest BCUT2D eigenvalue weighted by Crippen LogP contribution is 2.22. The van der Waals surface area contributed by atoms with E-state index in [1.807, 2.05) is 12.1 Å². The second kappa shape index (κ2) is 7.70. The lowest BCUT2D eigenvalue weighted by atomic mass is 10.1. The van der Waals surface area contributed by atoms with Crippen molar-refractivity contribution in [3.05, 3.63) is 57.8 Å².